The van der Waals surface area contributed by atoms with Crippen LogP contribution < -0.4 is 10.0 Å². The van der Waals surface area contributed by atoms with E-state index in [4.69, 9.17) is 4.42 Å². The summed E-state index contributed by atoms with van der Waals surface area (Å²) < 4.78 is 31.2. The first kappa shape index (κ1) is 12.1. The van der Waals surface area contributed by atoms with Gasteiger partial charge in [0.1, 0.15) is 0 Å². The van der Waals surface area contributed by atoms with Gasteiger partial charge in [-0.1, -0.05) is 5.10 Å². The average molecular weight is 284 g/mol. The van der Waals surface area contributed by atoms with E-state index < -0.39 is 10.0 Å². The molecule has 1 unspecified atom stereocenters. The van der Waals surface area contributed by atoms with Crippen LogP contribution in [0.2, 0.25) is 0 Å². The molecule has 0 radical (unpaired) electrons. The third-order valence-corrected chi connectivity index (χ3v) is 4.03. The molecule has 3 rings (SSSR count). The molecule has 0 bridgehead atoms. The summed E-state index contributed by atoms with van der Waals surface area (Å²) in [5.74, 6) is 0.389. The Bertz CT molecular complexity index is 643. The molecule has 1 fully saturated rings. The third-order valence-electron chi connectivity index (χ3n) is 2.78. The number of rotatable bonds is 4. The van der Waals surface area contributed by atoms with Crippen molar-refractivity contribution in [3.05, 3.63) is 18.4 Å². The van der Waals surface area contributed by atoms with Crippen LogP contribution in [0.4, 0.5) is 6.01 Å². The lowest BCUT2D eigenvalue weighted by atomic mass is 10.2. The van der Waals surface area contributed by atoms with Gasteiger partial charge in [0, 0.05) is 0 Å². The molecule has 0 spiro atoms. The maximum absolute atomic E-state index is 11.9. The van der Waals surface area contributed by atoms with Gasteiger partial charge < -0.3 is 14.7 Å². The molecule has 0 aliphatic carbocycles. The molecule has 10 heteroatoms. The van der Waals surface area contributed by atoms with Crippen molar-refractivity contribution in [1.29, 1.82) is 0 Å². The summed E-state index contributed by atoms with van der Waals surface area (Å²) in [5, 5.41) is 10.6. The van der Waals surface area contributed by atoms with Crippen molar-refractivity contribution in [2.45, 2.75) is 23.9 Å². The average Bonchev–Trinajstić information content (AvgIpc) is 3.11. The summed E-state index contributed by atoms with van der Waals surface area (Å²) in [5.41, 5.74) is 0. The van der Waals surface area contributed by atoms with Crippen LogP contribution in [0.15, 0.2) is 22.0 Å². The third kappa shape index (κ3) is 2.44. The van der Waals surface area contributed by atoms with Gasteiger partial charge in [0.05, 0.1) is 18.6 Å². The largest absolute Gasteiger partial charge is 0.406 e. The Kier molecular flexibility index (Phi) is 2.95. The predicted molar refractivity (Wildman–Crippen MR) is 63.7 cm³/mol. The summed E-state index contributed by atoms with van der Waals surface area (Å²) in [6, 6.07) is -0.156. The van der Waals surface area contributed by atoms with Crippen molar-refractivity contribution in [3.63, 3.8) is 0 Å². The zero-order chi connectivity index (χ0) is 13.3. The van der Waals surface area contributed by atoms with E-state index in [1.807, 2.05) is 0 Å². The number of aromatic amines is 1. The first-order chi connectivity index (χ1) is 9.15. The molecule has 9 nitrogen and oxygen atoms in total. The van der Waals surface area contributed by atoms with Gasteiger partial charge in [-0.25, -0.2) is 9.71 Å². The molecule has 1 saturated heterocycles. The number of anilines is 1. The fraction of sp³-hybridized carbons (Fsp3) is 0.444. The number of H-pyrrole nitrogens is 1. The van der Waals surface area contributed by atoms with E-state index in [-0.39, 0.29) is 17.1 Å². The molecule has 2 aromatic heterocycles. The van der Waals surface area contributed by atoms with Crippen molar-refractivity contribution >= 4 is 16.0 Å². The van der Waals surface area contributed by atoms with Gasteiger partial charge in [0.15, 0.2) is 5.03 Å². The fourth-order valence-corrected chi connectivity index (χ4v) is 2.70. The normalized spacial score (nSPS) is 19.7. The topological polar surface area (TPSA) is 126 Å². The number of sulfonamides is 1. The fourth-order valence-electron chi connectivity index (χ4n) is 1.87. The molecular weight excluding hydrogens is 272 g/mol. The second kappa shape index (κ2) is 4.63. The molecular formula is C9H12N6O3S. The maximum atomic E-state index is 11.9. The number of imidazole rings is 1. The lowest BCUT2D eigenvalue weighted by molar-refractivity contribution is 0.439. The Morgan fingerprint density at radius 1 is 1.42 bits per heavy atom. The first-order valence-electron chi connectivity index (χ1n) is 5.73. The van der Waals surface area contributed by atoms with Gasteiger partial charge in [-0.15, -0.1) is 5.10 Å². The number of hydrogen-bond acceptors (Lipinski definition) is 7. The SMILES string of the molecule is O=S(=O)(Nc1nnc(C2CCCN2)o1)c1cnc[nH]1. The van der Waals surface area contributed by atoms with Gasteiger partial charge in [-0.2, -0.15) is 8.42 Å². The van der Waals surface area contributed by atoms with Crippen LogP contribution in [0.5, 0.6) is 0 Å². The van der Waals surface area contributed by atoms with Crippen molar-refractivity contribution in [3.8, 4) is 0 Å². The molecule has 0 saturated carbocycles. The van der Waals surface area contributed by atoms with Gasteiger partial charge in [-0.3, -0.25) is 0 Å². The van der Waals surface area contributed by atoms with Crippen molar-refractivity contribution < 1.29 is 12.8 Å². The molecule has 1 atom stereocenters. The highest BCUT2D eigenvalue weighted by Gasteiger charge is 2.24. The van der Waals surface area contributed by atoms with Crippen LogP contribution >= 0.6 is 0 Å². The van der Waals surface area contributed by atoms with E-state index >= 15 is 0 Å². The van der Waals surface area contributed by atoms with Crippen LogP contribution in [0.3, 0.4) is 0 Å². The summed E-state index contributed by atoms with van der Waals surface area (Å²) >= 11 is 0. The lowest BCUT2D eigenvalue weighted by Gasteiger charge is -2.03. The molecule has 2 aromatic rings. The summed E-state index contributed by atoms with van der Waals surface area (Å²) in [6.45, 7) is 0.891. The highest BCUT2D eigenvalue weighted by Crippen LogP contribution is 2.23. The molecule has 1 aliphatic heterocycles. The van der Waals surface area contributed by atoms with Crippen molar-refractivity contribution in [1.82, 2.24) is 25.5 Å². The smallest absolute Gasteiger partial charge is 0.329 e. The van der Waals surface area contributed by atoms with E-state index in [0.29, 0.717) is 5.89 Å². The molecule has 19 heavy (non-hydrogen) atoms. The monoisotopic (exact) mass is 284 g/mol. The van der Waals surface area contributed by atoms with Gasteiger partial charge >= 0.3 is 6.01 Å². The van der Waals surface area contributed by atoms with E-state index in [1.54, 1.807) is 0 Å². The lowest BCUT2D eigenvalue weighted by Crippen LogP contribution is -2.14. The Morgan fingerprint density at radius 2 is 2.32 bits per heavy atom. The summed E-state index contributed by atoms with van der Waals surface area (Å²) in [7, 11) is -3.76. The first-order valence-corrected chi connectivity index (χ1v) is 7.21. The zero-order valence-corrected chi connectivity index (χ0v) is 10.6. The minimum absolute atomic E-state index is 0.00194. The Labute approximate surface area is 108 Å². The standard InChI is InChI=1S/C9H12N6O3S/c16-19(17,7-4-10-5-12-7)15-9-14-13-8(18-9)6-2-1-3-11-6/h4-6,11H,1-3H2,(H,10,12)(H,14,15). The Hall–Kier alpha value is -1.94. The molecule has 3 N–H and O–H groups in total. The molecule has 0 aromatic carbocycles. The summed E-state index contributed by atoms with van der Waals surface area (Å²) in [4.78, 5) is 6.14. The van der Waals surface area contributed by atoms with Crippen LogP contribution in [0.25, 0.3) is 0 Å². The number of hydrogen-bond donors (Lipinski definition) is 3. The highest BCUT2D eigenvalue weighted by atomic mass is 32.2. The second-order valence-corrected chi connectivity index (χ2v) is 5.77. The van der Waals surface area contributed by atoms with Crippen molar-refractivity contribution in [2.24, 2.45) is 0 Å². The number of nitrogens with zero attached hydrogens (tertiary/aromatic N) is 3. The second-order valence-electron chi connectivity index (χ2n) is 4.12. The van der Waals surface area contributed by atoms with Gasteiger partial charge in [-0.05, 0) is 19.4 Å². The zero-order valence-electron chi connectivity index (χ0n) is 9.83. The molecule has 3 heterocycles. The van der Waals surface area contributed by atoms with Crippen molar-refractivity contribution in [2.75, 3.05) is 11.3 Å². The van der Waals surface area contributed by atoms with E-state index in [1.165, 1.54) is 12.5 Å². The quantitative estimate of drug-likeness (QED) is 0.722. The number of nitrogens with one attached hydrogen (secondary N) is 3. The van der Waals surface area contributed by atoms with Crippen LogP contribution in [0, 0.1) is 0 Å². The molecule has 0 amide bonds. The summed E-state index contributed by atoms with van der Waals surface area (Å²) in [6.07, 6.45) is 4.39. The van der Waals surface area contributed by atoms with Crippen LogP contribution in [0.1, 0.15) is 24.8 Å². The number of aromatic nitrogens is 4. The van der Waals surface area contributed by atoms with E-state index in [9.17, 15) is 8.42 Å². The minimum atomic E-state index is -3.76. The predicted octanol–water partition coefficient (Wildman–Crippen LogP) is 0.0180. The Morgan fingerprint density at radius 3 is 3.00 bits per heavy atom. The van der Waals surface area contributed by atoms with Gasteiger partial charge in [0.2, 0.25) is 5.89 Å². The molecule has 102 valence electrons. The Balaban J connectivity index is 1.77. The van der Waals surface area contributed by atoms with Gasteiger partial charge in [0.25, 0.3) is 10.0 Å². The van der Waals surface area contributed by atoms with E-state index in [2.05, 4.69) is 30.2 Å². The van der Waals surface area contributed by atoms with E-state index in [0.717, 1.165) is 19.4 Å². The van der Waals surface area contributed by atoms with Crippen LogP contribution in [-0.4, -0.2) is 35.1 Å². The van der Waals surface area contributed by atoms with Crippen LogP contribution in [-0.2, 0) is 10.0 Å². The minimum Gasteiger partial charge on any atom is -0.406 e. The maximum Gasteiger partial charge on any atom is 0.329 e. The molecule has 1 aliphatic rings. The highest BCUT2D eigenvalue weighted by molar-refractivity contribution is 7.92.